The van der Waals surface area contributed by atoms with Crippen molar-refractivity contribution in [1.82, 2.24) is 19.4 Å². The van der Waals surface area contributed by atoms with E-state index in [1.165, 1.54) is 16.7 Å². The molecule has 3 saturated carbocycles. The van der Waals surface area contributed by atoms with E-state index in [0.717, 1.165) is 5.56 Å². The Kier molecular flexibility index (Phi) is 5.60. The Morgan fingerprint density at radius 3 is 2.31 bits per heavy atom. The van der Waals surface area contributed by atoms with Gasteiger partial charge in [-0.3, -0.25) is 9.47 Å². The molecule has 3 aromatic rings. The summed E-state index contributed by atoms with van der Waals surface area (Å²) in [5.74, 6) is 0.211. The van der Waals surface area contributed by atoms with Crippen molar-refractivity contribution in [2.75, 3.05) is 18.0 Å². The molecule has 11 heteroatoms. The third-order valence-electron chi connectivity index (χ3n) is 9.11. The van der Waals surface area contributed by atoms with Gasteiger partial charge >= 0.3 is 11.9 Å². The molecule has 7 nitrogen and oxygen atoms in total. The van der Waals surface area contributed by atoms with Gasteiger partial charge in [-0.05, 0) is 68.4 Å². The van der Waals surface area contributed by atoms with Crippen LogP contribution >= 0.6 is 0 Å². The molecule has 2 aromatic heterocycles. The lowest BCUT2D eigenvalue weighted by atomic mass is 9.32. The van der Waals surface area contributed by atoms with E-state index in [9.17, 15) is 22.4 Å². The Bertz CT molecular complexity index is 1540. The number of alkyl halides is 3. The van der Waals surface area contributed by atoms with Gasteiger partial charge in [-0.1, -0.05) is 18.7 Å². The van der Waals surface area contributed by atoms with E-state index >= 15 is 0 Å². The summed E-state index contributed by atoms with van der Waals surface area (Å²) in [4.78, 5) is 29.2. The Hall–Kier alpha value is -3.52. The summed E-state index contributed by atoms with van der Waals surface area (Å²) in [5.41, 5.74) is -0.702. The van der Waals surface area contributed by atoms with Crippen molar-refractivity contribution in [2.24, 2.45) is 17.9 Å². The van der Waals surface area contributed by atoms with Gasteiger partial charge in [0.05, 0.1) is 10.9 Å². The quantitative estimate of drug-likeness (QED) is 0.328. The van der Waals surface area contributed by atoms with Crippen LogP contribution in [-0.4, -0.2) is 50.8 Å². The lowest BCUT2D eigenvalue weighted by molar-refractivity contribution is -0.378. The number of halogens is 4. The van der Waals surface area contributed by atoms with Crippen LogP contribution in [0.3, 0.4) is 0 Å². The predicted molar refractivity (Wildman–Crippen MR) is 138 cm³/mol. The molecule has 39 heavy (non-hydrogen) atoms. The van der Waals surface area contributed by atoms with Crippen molar-refractivity contribution >= 4 is 22.7 Å². The minimum absolute atomic E-state index is 0.0805. The number of fused-ring (bicyclic) bond motifs is 1. The summed E-state index contributed by atoms with van der Waals surface area (Å²) >= 11 is 0. The fraction of sp³-hybridized carbons (Fsp3) is 0.500. The lowest BCUT2D eigenvalue weighted by Gasteiger charge is -2.74. The van der Waals surface area contributed by atoms with Crippen LogP contribution in [0.15, 0.2) is 41.2 Å². The Labute approximate surface area is 222 Å². The number of anilines is 1. The van der Waals surface area contributed by atoms with Gasteiger partial charge in [0.2, 0.25) is 5.52 Å². The summed E-state index contributed by atoms with van der Waals surface area (Å²) in [6.07, 6.45) is -3.98. The van der Waals surface area contributed by atoms with Crippen molar-refractivity contribution in [3.8, 4) is 0 Å². The highest BCUT2D eigenvalue weighted by Crippen LogP contribution is 2.82. The van der Waals surface area contributed by atoms with Crippen LogP contribution in [-0.2, 0) is 7.05 Å². The number of aryl methyl sites for hydroxylation is 1. The summed E-state index contributed by atoms with van der Waals surface area (Å²) < 4.78 is 56.4. The average molecular weight is 541 g/mol. The molecule has 0 amide bonds. The van der Waals surface area contributed by atoms with Crippen LogP contribution in [0.5, 0.6) is 0 Å². The zero-order valence-electron chi connectivity index (χ0n) is 21.8. The van der Waals surface area contributed by atoms with Gasteiger partial charge in [0.15, 0.2) is 5.82 Å². The Morgan fingerprint density at radius 2 is 1.69 bits per heavy atom. The molecular weight excluding hydrogens is 512 g/mol. The smallest absolute Gasteiger partial charge is 0.361 e. The number of hydrogen-bond acceptors (Lipinski definition) is 5. The zero-order valence-corrected chi connectivity index (χ0v) is 21.8. The number of rotatable bonds is 4. The maximum Gasteiger partial charge on any atom is 0.394 e. The highest BCUT2D eigenvalue weighted by Gasteiger charge is 2.80. The highest BCUT2D eigenvalue weighted by atomic mass is 19.4. The highest BCUT2D eigenvalue weighted by molar-refractivity contribution is 5.87. The van der Waals surface area contributed by atoms with Crippen molar-refractivity contribution in [3.05, 3.63) is 69.7 Å². The maximum atomic E-state index is 13.8. The van der Waals surface area contributed by atoms with Crippen LogP contribution in [0.2, 0.25) is 0 Å². The van der Waals surface area contributed by atoms with Crippen LogP contribution in [0.4, 0.5) is 29.2 Å². The zero-order chi connectivity index (χ0) is 27.9. The molecule has 204 valence electrons. The van der Waals surface area contributed by atoms with Crippen molar-refractivity contribution < 1.29 is 17.6 Å². The molecule has 1 unspecified atom stereocenters. The number of nitrogens with zero attached hydrogens (tertiary/aromatic N) is 6. The van der Waals surface area contributed by atoms with Crippen LogP contribution in [0.25, 0.3) is 15.9 Å². The first-order valence-corrected chi connectivity index (χ1v) is 13.0. The molecule has 1 aliphatic heterocycles. The summed E-state index contributed by atoms with van der Waals surface area (Å²) in [7, 11) is 1.61. The lowest BCUT2D eigenvalue weighted by Crippen LogP contribution is -2.73. The second-order valence-corrected chi connectivity index (χ2v) is 11.6. The van der Waals surface area contributed by atoms with E-state index in [4.69, 9.17) is 6.57 Å². The predicted octanol–water partition coefficient (Wildman–Crippen LogP) is 5.39. The maximum absolute atomic E-state index is 13.8. The molecule has 7 rings (SSSR count). The van der Waals surface area contributed by atoms with E-state index in [1.54, 1.807) is 31.3 Å². The number of piperazine rings is 1. The summed E-state index contributed by atoms with van der Waals surface area (Å²) in [6, 6.07) is 8.81. The van der Waals surface area contributed by atoms with Crippen LogP contribution in [0, 0.1) is 23.2 Å². The molecule has 3 atom stereocenters. The standard InChI is InChI=1S/C28H28F4N6O/c1-16-12-38(24-22-20(36(4)25(39)35-24)9-10-21(33-3)34-22)17(2)11-37(16)23(18-5-7-19(29)8-6-18)26-13-27(14-26,15-26)28(30,31)32/h5-10,16-17,23H,11-15H2,1-2,4H3/t16-,17+,23?,26?,27?/m1/s1. The molecule has 4 fully saturated rings. The van der Waals surface area contributed by atoms with E-state index in [2.05, 4.69) is 19.7 Å². The number of benzene rings is 1. The van der Waals surface area contributed by atoms with E-state index in [1.807, 2.05) is 18.7 Å². The molecule has 1 aromatic carbocycles. The number of pyridine rings is 1. The molecule has 0 radical (unpaired) electrons. The molecule has 0 N–H and O–H groups in total. The topological polar surface area (TPSA) is 58.6 Å². The van der Waals surface area contributed by atoms with Gasteiger partial charge < -0.3 is 9.74 Å². The second-order valence-electron chi connectivity index (χ2n) is 11.6. The monoisotopic (exact) mass is 540 g/mol. The Morgan fingerprint density at radius 1 is 1.03 bits per heavy atom. The molecule has 3 heterocycles. The third kappa shape index (κ3) is 3.75. The first kappa shape index (κ1) is 25.7. The molecule has 2 bridgehead atoms. The van der Waals surface area contributed by atoms with Gasteiger partial charge in [-0.25, -0.2) is 9.18 Å². The first-order valence-electron chi connectivity index (χ1n) is 13.0. The van der Waals surface area contributed by atoms with Crippen molar-refractivity contribution in [3.63, 3.8) is 0 Å². The summed E-state index contributed by atoms with van der Waals surface area (Å²) in [5, 5.41) is 0. The Balaban J connectivity index is 1.36. The van der Waals surface area contributed by atoms with Crippen LogP contribution in [0.1, 0.15) is 44.7 Å². The average Bonchev–Trinajstić information content (AvgIpc) is 2.83. The summed E-state index contributed by atoms with van der Waals surface area (Å²) in [6.45, 7) is 12.3. The molecule has 4 aliphatic rings. The fourth-order valence-electron chi connectivity index (χ4n) is 7.27. The van der Waals surface area contributed by atoms with E-state index < -0.39 is 22.7 Å². The second kappa shape index (κ2) is 8.49. The SMILES string of the molecule is [C-]#[N+]c1ccc2c(n1)c(N1C[C@@H](C)N(C(c3ccc(F)cc3)C34CC(C(F)(F)F)(C3)C4)C[C@@H]1C)nc(=O)n2C. The molecule has 1 saturated heterocycles. The van der Waals surface area contributed by atoms with Gasteiger partial charge in [-0.15, -0.1) is 4.98 Å². The van der Waals surface area contributed by atoms with Crippen molar-refractivity contribution in [2.45, 2.75) is 57.4 Å². The molecular formula is C28H28F4N6O. The van der Waals surface area contributed by atoms with Gasteiger partial charge in [0.1, 0.15) is 5.82 Å². The molecule has 0 spiro atoms. The van der Waals surface area contributed by atoms with Crippen LogP contribution < -0.4 is 10.6 Å². The minimum Gasteiger partial charge on any atom is -0.361 e. The fourth-order valence-corrected chi connectivity index (χ4v) is 7.27. The van der Waals surface area contributed by atoms with E-state index in [0.29, 0.717) is 29.9 Å². The molecule has 3 aliphatic carbocycles. The third-order valence-corrected chi connectivity index (χ3v) is 9.11. The van der Waals surface area contributed by atoms with Gasteiger partial charge in [-0.2, -0.15) is 18.2 Å². The normalized spacial score (nSPS) is 29.4. The number of aromatic nitrogens is 3. The van der Waals surface area contributed by atoms with Gasteiger partial charge in [0.25, 0.3) is 5.82 Å². The number of hydrogen-bond donors (Lipinski definition) is 0. The first-order chi connectivity index (χ1) is 18.4. The van der Waals surface area contributed by atoms with Gasteiger partial charge in [0, 0.05) is 38.3 Å². The minimum atomic E-state index is -4.22. The van der Waals surface area contributed by atoms with E-state index in [-0.39, 0.29) is 49.0 Å². The van der Waals surface area contributed by atoms with Crippen molar-refractivity contribution in [1.29, 1.82) is 0 Å². The largest absolute Gasteiger partial charge is 0.394 e.